The zero-order valence-electron chi connectivity index (χ0n) is 13.9. The number of nitro groups is 1. The largest absolute Gasteiger partial charge is 0.355 e. The van der Waals surface area contributed by atoms with Crippen molar-refractivity contribution in [2.45, 2.75) is 0 Å². The predicted molar refractivity (Wildman–Crippen MR) is 106 cm³/mol. The zero-order valence-corrected chi connectivity index (χ0v) is 16.2. The molecule has 3 aromatic rings. The Kier molecular flexibility index (Phi) is 5.96. The number of carbonyl (C=O) groups excluding carboxylic acids is 1. The molecule has 0 saturated heterocycles. The van der Waals surface area contributed by atoms with Crippen LogP contribution in [0.2, 0.25) is 5.02 Å². The molecule has 10 nitrogen and oxygen atoms in total. The predicted octanol–water partition coefficient (Wildman–Crippen LogP) is 3.70. The highest BCUT2D eigenvalue weighted by molar-refractivity contribution is 9.10. The highest BCUT2D eigenvalue weighted by atomic mass is 79.9. The minimum atomic E-state index is -0.675. The van der Waals surface area contributed by atoms with Crippen LogP contribution >= 0.6 is 27.5 Å². The number of aromatic nitrogens is 3. The van der Waals surface area contributed by atoms with Crippen LogP contribution in [0, 0.1) is 10.1 Å². The van der Waals surface area contributed by atoms with Gasteiger partial charge in [-0.05, 0) is 40.2 Å². The van der Waals surface area contributed by atoms with Gasteiger partial charge in [0, 0.05) is 10.7 Å². The van der Waals surface area contributed by atoms with Gasteiger partial charge < -0.3 is 5.32 Å². The Morgan fingerprint density at radius 3 is 2.54 bits per heavy atom. The van der Waals surface area contributed by atoms with Crippen molar-refractivity contribution >= 4 is 56.6 Å². The monoisotopic (exact) mass is 463 g/mol. The lowest BCUT2D eigenvalue weighted by molar-refractivity contribution is -0.383. The maximum absolute atomic E-state index is 12.2. The third kappa shape index (κ3) is 4.50. The van der Waals surface area contributed by atoms with E-state index < -0.39 is 16.5 Å². The number of nitrogens with zero attached hydrogens (tertiary/aromatic N) is 4. The van der Waals surface area contributed by atoms with Crippen molar-refractivity contribution in [1.82, 2.24) is 20.4 Å². The molecule has 0 atom stereocenters. The molecule has 2 heterocycles. The first kappa shape index (κ1) is 19.5. The zero-order chi connectivity index (χ0) is 20.1. The number of hydrogen-bond acceptors (Lipinski definition) is 8. The summed E-state index contributed by atoms with van der Waals surface area (Å²) in [4.78, 5) is 34.9. The highest BCUT2D eigenvalue weighted by Gasteiger charge is 2.24. The fraction of sp³-hybridized carbons (Fsp3) is 0. The second-order valence-electron chi connectivity index (χ2n) is 5.22. The van der Waals surface area contributed by atoms with Crippen LogP contribution in [0.1, 0.15) is 10.4 Å². The first-order valence-corrected chi connectivity index (χ1v) is 8.81. The Labute approximate surface area is 171 Å². The summed E-state index contributed by atoms with van der Waals surface area (Å²) >= 11 is 9.22. The smallest absolute Gasteiger partial charge is 0.319 e. The fourth-order valence-electron chi connectivity index (χ4n) is 2.13. The molecule has 12 heteroatoms. The van der Waals surface area contributed by atoms with Crippen LogP contribution in [0.25, 0.3) is 0 Å². The number of amides is 1. The van der Waals surface area contributed by atoms with Crippen molar-refractivity contribution in [3.05, 3.63) is 74.1 Å². The molecule has 1 aromatic carbocycles. The Morgan fingerprint density at radius 2 is 1.86 bits per heavy atom. The number of carbonyl (C=O) groups is 1. The van der Waals surface area contributed by atoms with Gasteiger partial charge in [0.05, 0.1) is 15.5 Å². The van der Waals surface area contributed by atoms with Crippen molar-refractivity contribution in [3.63, 3.8) is 0 Å². The number of nitrogens with one attached hydrogen (secondary N) is 3. The van der Waals surface area contributed by atoms with E-state index in [9.17, 15) is 14.9 Å². The molecule has 0 bridgehead atoms. The molecule has 2 aromatic heterocycles. The molecule has 1 amide bonds. The molecule has 0 aliphatic heterocycles. The van der Waals surface area contributed by atoms with Gasteiger partial charge in [-0.25, -0.2) is 15.0 Å². The van der Waals surface area contributed by atoms with Gasteiger partial charge in [0.2, 0.25) is 11.6 Å². The molecule has 0 spiro atoms. The molecule has 0 fully saturated rings. The van der Waals surface area contributed by atoms with E-state index in [0.717, 1.165) is 10.8 Å². The topological polar surface area (TPSA) is 135 Å². The van der Waals surface area contributed by atoms with Gasteiger partial charge in [0.15, 0.2) is 0 Å². The minimum absolute atomic E-state index is 0.0932. The maximum atomic E-state index is 12.2. The van der Waals surface area contributed by atoms with E-state index in [2.05, 4.69) is 47.1 Å². The van der Waals surface area contributed by atoms with Gasteiger partial charge >= 0.3 is 5.69 Å². The summed E-state index contributed by atoms with van der Waals surface area (Å²) in [6, 6.07) is 9.71. The molecule has 3 rings (SSSR count). The molecule has 0 aliphatic carbocycles. The molecule has 3 N–H and O–H groups in total. The Balaban J connectivity index is 1.83. The first-order chi connectivity index (χ1) is 13.5. The maximum Gasteiger partial charge on any atom is 0.355 e. The summed E-state index contributed by atoms with van der Waals surface area (Å²) in [5.74, 6) is -0.539. The van der Waals surface area contributed by atoms with Crippen LogP contribution in [-0.2, 0) is 0 Å². The van der Waals surface area contributed by atoms with E-state index in [0.29, 0.717) is 5.82 Å². The molecule has 0 saturated carbocycles. The summed E-state index contributed by atoms with van der Waals surface area (Å²) in [7, 11) is 0. The fourth-order valence-corrected chi connectivity index (χ4v) is 2.59. The first-order valence-electron chi connectivity index (χ1n) is 7.64. The third-order valence-electron chi connectivity index (χ3n) is 3.39. The van der Waals surface area contributed by atoms with Gasteiger partial charge in [-0.15, -0.1) is 0 Å². The van der Waals surface area contributed by atoms with E-state index in [1.807, 2.05) is 0 Å². The van der Waals surface area contributed by atoms with Crippen LogP contribution in [0.4, 0.5) is 23.1 Å². The molecule has 28 heavy (non-hydrogen) atoms. The average Bonchev–Trinajstić information content (AvgIpc) is 2.68. The van der Waals surface area contributed by atoms with Gasteiger partial charge in [-0.1, -0.05) is 23.7 Å². The number of pyridine rings is 1. The Bertz CT molecular complexity index is 1030. The lowest BCUT2D eigenvalue weighted by Crippen LogP contribution is -2.30. The summed E-state index contributed by atoms with van der Waals surface area (Å²) < 4.78 is 0.750. The van der Waals surface area contributed by atoms with Gasteiger partial charge in [-0.3, -0.25) is 25.8 Å². The Morgan fingerprint density at radius 1 is 1.11 bits per heavy atom. The lowest BCUT2D eigenvalue weighted by Gasteiger charge is -2.11. The van der Waals surface area contributed by atoms with E-state index in [1.165, 1.54) is 12.3 Å². The van der Waals surface area contributed by atoms with Crippen LogP contribution in [-0.4, -0.2) is 25.8 Å². The third-order valence-corrected chi connectivity index (χ3v) is 4.19. The molecule has 142 valence electrons. The molecule has 0 unspecified atom stereocenters. The van der Waals surface area contributed by atoms with Crippen LogP contribution in [0.5, 0.6) is 0 Å². The van der Waals surface area contributed by atoms with Crippen molar-refractivity contribution in [2.75, 3.05) is 10.7 Å². The van der Waals surface area contributed by atoms with Crippen molar-refractivity contribution in [3.8, 4) is 0 Å². The summed E-state index contributed by atoms with van der Waals surface area (Å²) in [5, 5.41) is 14.5. The number of halogens is 2. The van der Waals surface area contributed by atoms with Gasteiger partial charge in [-0.2, -0.15) is 0 Å². The van der Waals surface area contributed by atoms with E-state index >= 15 is 0 Å². The quantitative estimate of drug-likeness (QED) is 0.371. The van der Waals surface area contributed by atoms with Crippen LogP contribution in [0.3, 0.4) is 0 Å². The highest BCUT2D eigenvalue weighted by Crippen LogP contribution is 2.30. The molecular weight excluding hydrogens is 454 g/mol. The van der Waals surface area contributed by atoms with Crippen molar-refractivity contribution in [1.29, 1.82) is 0 Å². The standard InChI is InChI=1S/C16H11BrClN7O3/c17-9-5-6-12(19-7-9)22-14-13(25(27)28)15(21-8-20-14)23-24-16(26)10-3-1-2-4-11(10)18/h1-8H,(H,24,26)(H2,19,20,21,22,23). The Hall–Kier alpha value is -3.31. The minimum Gasteiger partial charge on any atom is -0.319 e. The summed E-state index contributed by atoms with van der Waals surface area (Å²) in [6.45, 7) is 0. The normalized spacial score (nSPS) is 10.2. The number of hydrazine groups is 1. The van der Waals surface area contributed by atoms with Crippen molar-refractivity contribution in [2.24, 2.45) is 0 Å². The number of benzene rings is 1. The number of rotatable bonds is 6. The van der Waals surface area contributed by atoms with Crippen LogP contribution in [0.15, 0.2) is 53.4 Å². The number of anilines is 3. The van der Waals surface area contributed by atoms with E-state index in [1.54, 1.807) is 30.3 Å². The summed E-state index contributed by atoms with van der Waals surface area (Å²) in [5.41, 5.74) is 4.50. The summed E-state index contributed by atoms with van der Waals surface area (Å²) in [6.07, 6.45) is 2.64. The van der Waals surface area contributed by atoms with Crippen LogP contribution < -0.4 is 16.2 Å². The van der Waals surface area contributed by atoms with Gasteiger partial charge in [0.25, 0.3) is 5.91 Å². The van der Waals surface area contributed by atoms with Gasteiger partial charge in [0.1, 0.15) is 12.1 Å². The second-order valence-corrected chi connectivity index (χ2v) is 6.55. The lowest BCUT2D eigenvalue weighted by atomic mass is 10.2. The number of hydrogen-bond donors (Lipinski definition) is 3. The van der Waals surface area contributed by atoms with E-state index in [4.69, 9.17) is 11.6 Å². The molecule has 0 aliphatic rings. The SMILES string of the molecule is O=C(NNc1ncnc(Nc2ccc(Br)cn2)c1[N+](=O)[O-])c1ccccc1Cl. The average molecular weight is 465 g/mol. The van der Waals surface area contributed by atoms with E-state index in [-0.39, 0.29) is 22.2 Å². The molecular formula is C16H11BrClN7O3. The molecule has 0 radical (unpaired) electrons. The second kappa shape index (κ2) is 8.59. The van der Waals surface area contributed by atoms with Crippen molar-refractivity contribution < 1.29 is 9.72 Å².